The van der Waals surface area contributed by atoms with Gasteiger partial charge in [-0.05, 0) is 45.7 Å². The van der Waals surface area contributed by atoms with Gasteiger partial charge in [0, 0.05) is 25.2 Å². The summed E-state index contributed by atoms with van der Waals surface area (Å²) in [7, 11) is 0. The molecule has 2 unspecified atom stereocenters. The van der Waals surface area contributed by atoms with Gasteiger partial charge in [0.25, 0.3) is 0 Å². The second-order valence-corrected chi connectivity index (χ2v) is 5.23. The van der Waals surface area contributed by atoms with Gasteiger partial charge in [-0.15, -0.1) is 0 Å². The van der Waals surface area contributed by atoms with Crippen molar-refractivity contribution in [2.45, 2.75) is 52.6 Å². The Labute approximate surface area is 107 Å². The van der Waals surface area contributed by atoms with Crippen molar-refractivity contribution in [2.75, 3.05) is 32.8 Å². The van der Waals surface area contributed by atoms with Gasteiger partial charge in [0.2, 0.25) is 0 Å². The van der Waals surface area contributed by atoms with Crippen molar-refractivity contribution in [3.8, 4) is 0 Å². The number of ether oxygens (including phenoxy) is 1. The van der Waals surface area contributed by atoms with E-state index >= 15 is 0 Å². The molecule has 0 spiro atoms. The lowest BCUT2D eigenvalue weighted by molar-refractivity contribution is 0.0865. The van der Waals surface area contributed by atoms with Gasteiger partial charge in [0.1, 0.15) is 0 Å². The standard InChI is InChI=1S/C14H30N2O/c1-5-16(9-10-17-6-2)13(4)12(3)11-15-14-7-8-14/h12-15H,5-11H2,1-4H3. The Kier molecular flexibility index (Phi) is 7.09. The first-order chi connectivity index (χ1) is 8.19. The summed E-state index contributed by atoms with van der Waals surface area (Å²) in [4.78, 5) is 2.52. The highest BCUT2D eigenvalue weighted by atomic mass is 16.5. The molecule has 2 atom stereocenters. The van der Waals surface area contributed by atoms with Crippen molar-refractivity contribution in [1.82, 2.24) is 10.2 Å². The van der Waals surface area contributed by atoms with E-state index in [1.165, 1.54) is 12.8 Å². The number of nitrogens with zero attached hydrogens (tertiary/aromatic N) is 1. The highest BCUT2D eigenvalue weighted by Crippen LogP contribution is 2.19. The normalized spacial score (nSPS) is 19.6. The third-order valence-electron chi connectivity index (χ3n) is 3.84. The zero-order valence-corrected chi connectivity index (χ0v) is 12.0. The molecule has 0 saturated heterocycles. The molecule has 1 aliphatic rings. The number of hydrogen-bond acceptors (Lipinski definition) is 3. The van der Waals surface area contributed by atoms with Crippen molar-refractivity contribution in [3.05, 3.63) is 0 Å². The van der Waals surface area contributed by atoms with Crippen LogP contribution in [0.1, 0.15) is 40.5 Å². The summed E-state index contributed by atoms with van der Waals surface area (Å²) < 4.78 is 5.45. The lowest BCUT2D eigenvalue weighted by Gasteiger charge is -2.32. The fourth-order valence-electron chi connectivity index (χ4n) is 2.15. The number of rotatable bonds is 10. The molecule has 1 rings (SSSR count). The first kappa shape index (κ1) is 14.9. The molecular formula is C14H30N2O. The summed E-state index contributed by atoms with van der Waals surface area (Å²) in [6.45, 7) is 14.0. The molecule has 0 amide bonds. The summed E-state index contributed by atoms with van der Waals surface area (Å²) in [6, 6.07) is 1.45. The summed E-state index contributed by atoms with van der Waals surface area (Å²) in [5.74, 6) is 0.706. The minimum absolute atomic E-state index is 0.631. The zero-order chi connectivity index (χ0) is 12.7. The number of likely N-dealkylation sites (N-methyl/N-ethyl adjacent to an activating group) is 1. The molecule has 102 valence electrons. The molecule has 0 bridgehead atoms. The minimum Gasteiger partial charge on any atom is -0.380 e. The molecule has 0 heterocycles. The van der Waals surface area contributed by atoms with Gasteiger partial charge in [0.15, 0.2) is 0 Å². The van der Waals surface area contributed by atoms with Crippen LogP contribution in [0.25, 0.3) is 0 Å². The van der Waals surface area contributed by atoms with Crippen molar-refractivity contribution < 1.29 is 4.74 Å². The van der Waals surface area contributed by atoms with Crippen LogP contribution in [0.2, 0.25) is 0 Å². The Morgan fingerprint density at radius 3 is 2.53 bits per heavy atom. The second-order valence-electron chi connectivity index (χ2n) is 5.23. The number of nitrogens with one attached hydrogen (secondary N) is 1. The fourth-order valence-corrected chi connectivity index (χ4v) is 2.15. The Morgan fingerprint density at radius 1 is 1.29 bits per heavy atom. The molecule has 0 aromatic carbocycles. The maximum atomic E-state index is 5.45. The van der Waals surface area contributed by atoms with Crippen molar-refractivity contribution >= 4 is 0 Å². The first-order valence-electron chi connectivity index (χ1n) is 7.24. The van der Waals surface area contributed by atoms with Gasteiger partial charge < -0.3 is 10.1 Å². The van der Waals surface area contributed by atoms with Gasteiger partial charge >= 0.3 is 0 Å². The SMILES string of the molecule is CCOCCN(CC)C(C)C(C)CNC1CC1. The van der Waals surface area contributed by atoms with E-state index in [9.17, 15) is 0 Å². The molecule has 1 fully saturated rings. The van der Waals surface area contributed by atoms with E-state index in [-0.39, 0.29) is 0 Å². The molecule has 1 aliphatic carbocycles. The Hall–Kier alpha value is -0.120. The average molecular weight is 242 g/mol. The van der Waals surface area contributed by atoms with Crippen LogP contribution in [-0.4, -0.2) is 49.8 Å². The van der Waals surface area contributed by atoms with Crippen molar-refractivity contribution in [2.24, 2.45) is 5.92 Å². The van der Waals surface area contributed by atoms with E-state index in [2.05, 4.69) is 37.9 Å². The summed E-state index contributed by atoms with van der Waals surface area (Å²) in [5.41, 5.74) is 0. The van der Waals surface area contributed by atoms with Gasteiger partial charge in [-0.2, -0.15) is 0 Å². The van der Waals surface area contributed by atoms with Crippen molar-refractivity contribution in [3.63, 3.8) is 0 Å². The van der Waals surface area contributed by atoms with E-state index in [1.54, 1.807) is 0 Å². The lowest BCUT2D eigenvalue weighted by Crippen LogP contribution is -2.43. The van der Waals surface area contributed by atoms with Crippen LogP contribution in [0.5, 0.6) is 0 Å². The van der Waals surface area contributed by atoms with E-state index in [4.69, 9.17) is 4.74 Å². The first-order valence-corrected chi connectivity index (χ1v) is 7.24. The zero-order valence-electron chi connectivity index (χ0n) is 12.0. The molecule has 3 nitrogen and oxygen atoms in total. The smallest absolute Gasteiger partial charge is 0.0593 e. The maximum absolute atomic E-state index is 5.45. The molecule has 1 saturated carbocycles. The van der Waals surface area contributed by atoms with Crippen molar-refractivity contribution in [1.29, 1.82) is 0 Å². The predicted octanol–water partition coefficient (Wildman–Crippen LogP) is 2.12. The Bertz CT molecular complexity index is 195. The van der Waals surface area contributed by atoms with E-state index in [0.29, 0.717) is 12.0 Å². The predicted molar refractivity (Wildman–Crippen MR) is 73.4 cm³/mol. The molecular weight excluding hydrogens is 212 g/mol. The second kappa shape index (κ2) is 8.06. The Morgan fingerprint density at radius 2 is 2.00 bits per heavy atom. The van der Waals surface area contributed by atoms with Crippen LogP contribution >= 0.6 is 0 Å². The monoisotopic (exact) mass is 242 g/mol. The largest absolute Gasteiger partial charge is 0.380 e. The molecule has 0 radical (unpaired) electrons. The molecule has 0 aromatic rings. The third kappa shape index (κ3) is 5.84. The van der Waals surface area contributed by atoms with Gasteiger partial charge in [0.05, 0.1) is 6.61 Å². The fraction of sp³-hybridized carbons (Fsp3) is 1.00. The minimum atomic E-state index is 0.631. The number of hydrogen-bond donors (Lipinski definition) is 1. The Balaban J connectivity index is 2.21. The topological polar surface area (TPSA) is 24.5 Å². The molecule has 1 N–H and O–H groups in total. The molecule has 3 heteroatoms. The lowest BCUT2D eigenvalue weighted by atomic mass is 10.0. The molecule has 0 aliphatic heterocycles. The summed E-state index contributed by atoms with van der Waals surface area (Å²) in [5, 5.41) is 3.63. The average Bonchev–Trinajstić information content (AvgIpc) is 3.15. The van der Waals surface area contributed by atoms with Crippen LogP contribution < -0.4 is 5.32 Å². The summed E-state index contributed by atoms with van der Waals surface area (Å²) in [6.07, 6.45) is 2.76. The quantitative estimate of drug-likeness (QED) is 0.594. The maximum Gasteiger partial charge on any atom is 0.0593 e. The highest BCUT2D eigenvalue weighted by molar-refractivity contribution is 4.83. The van der Waals surface area contributed by atoms with Crippen LogP contribution in [0.3, 0.4) is 0 Å². The van der Waals surface area contributed by atoms with Gasteiger partial charge in [-0.1, -0.05) is 13.8 Å². The third-order valence-corrected chi connectivity index (χ3v) is 3.84. The van der Waals surface area contributed by atoms with Crippen LogP contribution in [0, 0.1) is 5.92 Å². The van der Waals surface area contributed by atoms with Crippen LogP contribution in [-0.2, 0) is 4.74 Å². The van der Waals surface area contributed by atoms with Gasteiger partial charge in [-0.25, -0.2) is 0 Å². The van der Waals surface area contributed by atoms with Gasteiger partial charge in [-0.3, -0.25) is 4.90 Å². The summed E-state index contributed by atoms with van der Waals surface area (Å²) >= 11 is 0. The van der Waals surface area contributed by atoms with Crippen LogP contribution in [0.4, 0.5) is 0 Å². The van der Waals surface area contributed by atoms with E-state index in [1.807, 2.05) is 0 Å². The van der Waals surface area contributed by atoms with E-state index < -0.39 is 0 Å². The van der Waals surface area contributed by atoms with Crippen LogP contribution in [0.15, 0.2) is 0 Å². The highest BCUT2D eigenvalue weighted by Gasteiger charge is 2.24. The molecule has 17 heavy (non-hydrogen) atoms. The van der Waals surface area contributed by atoms with E-state index in [0.717, 1.165) is 38.9 Å². The molecule has 0 aromatic heterocycles.